The van der Waals surface area contributed by atoms with Gasteiger partial charge < -0.3 is 0 Å². The van der Waals surface area contributed by atoms with Gasteiger partial charge in [-0.05, 0) is 18.1 Å². The van der Waals surface area contributed by atoms with Crippen LogP contribution in [0.5, 0.6) is 0 Å². The highest BCUT2D eigenvalue weighted by Gasteiger charge is 1.96. The van der Waals surface area contributed by atoms with Crippen molar-refractivity contribution >= 4 is 17.9 Å². The van der Waals surface area contributed by atoms with Crippen LogP contribution >= 0.6 is 0 Å². The lowest BCUT2D eigenvalue weighted by atomic mass is 10.1. The SMILES string of the molecule is CC(=O)c1ccc(/C=C/c2ccccc2)cc1. The van der Waals surface area contributed by atoms with Crippen molar-refractivity contribution in [3.8, 4) is 0 Å². The minimum absolute atomic E-state index is 0.101. The van der Waals surface area contributed by atoms with Gasteiger partial charge in [-0.1, -0.05) is 66.7 Å². The van der Waals surface area contributed by atoms with Crippen LogP contribution in [0.25, 0.3) is 12.2 Å². The molecule has 2 aromatic carbocycles. The zero-order valence-corrected chi connectivity index (χ0v) is 9.76. The third-order valence-corrected chi connectivity index (χ3v) is 2.59. The van der Waals surface area contributed by atoms with Crippen LogP contribution in [0.1, 0.15) is 28.4 Å². The van der Waals surface area contributed by atoms with Gasteiger partial charge in [0.2, 0.25) is 0 Å². The number of rotatable bonds is 3. The van der Waals surface area contributed by atoms with Crippen LogP contribution in [0.4, 0.5) is 0 Å². The van der Waals surface area contributed by atoms with Gasteiger partial charge in [0.25, 0.3) is 0 Å². The average Bonchev–Trinajstić information content (AvgIpc) is 2.38. The Morgan fingerprint density at radius 2 is 1.35 bits per heavy atom. The standard InChI is InChI=1S/C16H14O/c1-13(17)16-11-9-15(10-12-16)8-7-14-5-3-2-4-6-14/h2-12H,1H3/b8-7+. The zero-order chi connectivity index (χ0) is 12.1. The lowest BCUT2D eigenvalue weighted by Gasteiger charge is -1.97. The van der Waals surface area contributed by atoms with Crippen molar-refractivity contribution in [2.24, 2.45) is 0 Å². The Balaban J connectivity index is 2.14. The Labute approximate surface area is 101 Å². The molecule has 1 nitrogen and oxygen atoms in total. The summed E-state index contributed by atoms with van der Waals surface area (Å²) in [7, 11) is 0. The maximum absolute atomic E-state index is 11.1. The van der Waals surface area contributed by atoms with Gasteiger partial charge in [0.1, 0.15) is 0 Å². The second-order valence-corrected chi connectivity index (χ2v) is 3.92. The molecule has 0 amide bonds. The predicted molar refractivity (Wildman–Crippen MR) is 71.8 cm³/mol. The van der Waals surface area contributed by atoms with Crippen LogP contribution in [0, 0.1) is 0 Å². The van der Waals surface area contributed by atoms with E-state index in [4.69, 9.17) is 0 Å². The Morgan fingerprint density at radius 1 is 0.824 bits per heavy atom. The van der Waals surface area contributed by atoms with Crippen LogP contribution in [0.15, 0.2) is 54.6 Å². The Morgan fingerprint density at radius 3 is 1.88 bits per heavy atom. The van der Waals surface area contributed by atoms with E-state index in [1.807, 2.05) is 48.5 Å². The molecule has 0 fully saturated rings. The summed E-state index contributed by atoms with van der Waals surface area (Å²) in [5, 5.41) is 0. The lowest BCUT2D eigenvalue weighted by molar-refractivity contribution is 0.101. The highest BCUT2D eigenvalue weighted by molar-refractivity contribution is 5.94. The van der Waals surface area contributed by atoms with Crippen molar-refractivity contribution in [3.63, 3.8) is 0 Å². The normalized spacial score (nSPS) is 10.6. The molecule has 2 rings (SSSR count). The molecule has 1 heteroatoms. The molecule has 17 heavy (non-hydrogen) atoms. The van der Waals surface area contributed by atoms with E-state index >= 15 is 0 Å². The quantitative estimate of drug-likeness (QED) is 0.565. The molecule has 0 spiro atoms. The van der Waals surface area contributed by atoms with E-state index in [9.17, 15) is 4.79 Å². The molecular weight excluding hydrogens is 208 g/mol. The smallest absolute Gasteiger partial charge is 0.159 e. The minimum atomic E-state index is 0.101. The van der Waals surface area contributed by atoms with E-state index in [2.05, 4.69) is 18.2 Å². The molecule has 0 aliphatic carbocycles. The van der Waals surface area contributed by atoms with Gasteiger partial charge in [0.15, 0.2) is 5.78 Å². The van der Waals surface area contributed by atoms with E-state index in [0.717, 1.165) is 11.1 Å². The van der Waals surface area contributed by atoms with Crippen molar-refractivity contribution in [1.29, 1.82) is 0 Å². The first-order valence-corrected chi connectivity index (χ1v) is 5.60. The summed E-state index contributed by atoms with van der Waals surface area (Å²) in [6, 6.07) is 17.8. The molecule has 0 aliphatic rings. The molecule has 0 atom stereocenters. The maximum atomic E-state index is 11.1. The molecule has 0 bridgehead atoms. The minimum Gasteiger partial charge on any atom is -0.295 e. The number of ketones is 1. The zero-order valence-electron chi connectivity index (χ0n) is 9.76. The van der Waals surface area contributed by atoms with Gasteiger partial charge in [-0.25, -0.2) is 0 Å². The predicted octanol–water partition coefficient (Wildman–Crippen LogP) is 4.06. The molecule has 0 aromatic heterocycles. The van der Waals surface area contributed by atoms with Crippen molar-refractivity contribution in [2.45, 2.75) is 6.92 Å². The van der Waals surface area contributed by atoms with Crippen molar-refractivity contribution in [2.75, 3.05) is 0 Å². The van der Waals surface area contributed by atoms with Gasteiger partial charge in [0.05, 0.1) is 0 Å². The topological polar surface area (TPSA) is 17.1 Å². The van der Waals surface area contributed by atoms with Crippen LogP contribution in [-0.4, -0.2) is 5.78 Å². The Bertz CT molecular complexity index is 521. The first-order valence-electron chi connectivity index (χ1n) is 5.60. The monoisotopic (exact) mass is 222 g/mol. The molecule has 0 saturated heterocycles. The summed E-state index contributed by atoms with van der Waals surface area (Å²) in [6.07, 6.45) is 4.10. The number of carbonyl (C=O) groups excluding carboxylic acids is 1. The second-order valence-electron chi connectivity index (χ2n) is 3.92. The molecular formula is C16H14O. The molecule has 0 N–H and O–H groups in total. The number of carbonyl (C=O) groups is 1. The molecule has 0 saturated carbocycles. The van der Waals surface area contributed by atoms with Crippen molar-refractivity contribution in [1.82, 2.24) is 0 Å². The van der Waals surface area contributed by atoms with E-state index in [-0.39, 0.29) is 5.78 Å². The van der Waals surface area contributed by atoms with Gasteiger partial charge >= 0.3 is 0 Å². The van der Waals surface area contributed by atoms with Crippen LogP contribution < -0.4 is 0 Å². The Kier molecular flexibility index (Phi) is 3.51. The molecule has 0 unspecified atom stereocenters. The Hall–Kier alpha value is -2.15. The largest absolute Gasteiger partial charge is 0.295 e. The first-order chi connectivity index (χ1) is 8.25. The molecule has 0 aliphatic heterocycles. The van der Waals surface area contributed by atoms with Crippen LogP contribution in [0.2, 0.25) is 0 Å². The third kappa shape index (κ3) is 3.15. The lowest BCUT2D eigenvalue weighted by Crippen LogP contribution is -1.90. The molecule has 2 aromatic rings. The van der Waals surface area contributed by atoms with E-state index in [0.29, 0.717) is 0 Å². The fourth-order valence-electron chi connectivity index (χ4n) is 1.59. The summed E-state index contributed by atoms with van der Waals surface area (Å²) < 4.78 is 0. The number of Topliss-reactive ketones (excluding diaryl/α,β-unsaturated/α-hetero) is 1. The highest BCUT2D eigenvalue weighted by atomic mass is 16.1. The summed E-state index contributed by atoms with van der Waals surface area (Å²) in [5.41, 5.74) is 3.02. The number of hydrogen-bond acceptors (Lipinski definition) is 1. The summed E-state index contributed by atoms with van der Waals surface area (Å²) in [6.45, 7) is 1.58. The fourth-order valence-corrected chi connectivity index (χ4v) is 1.59. The van der Waals surface area contributed by atoms with Gasteiger partial charge in [-0.15, -0.1) is 0 Å². The summed E-state index contributed by atoms with van der Waals surface area (Å²) in [5.74, 6) is 0.101. The highest BCUT2D eigenvalue weighted by Crippen LogP contribution is 2.09. The molecule has 0 radical (unpaired) electrons. The van der Waals surface area contributed by atoms with Crippen LogP contribution in [-0.2, 0) is 0 Å². The fraction of sp³-hybridized carbons (Fsp3) is 0.0625. The first kappa shape index (κ1) is 11.3. The molecule has 84 valence electrons. The van der Waals surface area contributed by atoms with Gasteiger partial charge in [0, 0.05) is 5.56 Å². The van der Waals surface area contributed by atoms with Crippen molar-refractivity contribution < 1.29 is 4.79 Å². The van der Waals surface area contributed by atoms with E-state index in [1.54, 1.807) is 6.92 Å². The number of benzene rings is 2. The summed E-state index contributed by atoms with van der Waals surface area (Å²) >= 11 is 0. The van der Waals surface area contributed by atoms with Crippen molar-refractivity contribution in [3.05, 3.63) is 71.3 Å². The number of hydrogen-bond donors (Lipinski definition) is 0. The third-order valence-electron chi connectivity index (χ3n) is 2.59. The molecule has 0 heterocycles. The van der Waals surface area contributed by atoms with Gasteiger partial charge in [-0.2, -0.15) is 0 Å². The maximum Gasteiger partial charge on any atom is 0.159 e. The van der Waals surface area contributed by atoms with Crippen LogP contribution in [0.3, 0.4) is 0 Å². The average molecular weight is 222 g/mol. The van der Waals surface area contributed by atoms with E-state index in [1.165, 1.54) is 5.56 Å². The van der Waals surface area contributed by atoms with Gasteiger partial charge in [-0.3, -0.25) is 4.79 Å². The summed E-state index contributed by atoms with van der Waals surface area (Å²) in [4.78, 5) is 11.1. The van der Waals surface area contributed by atoms with E-state index < -0.39 is 0 Å². The second kappa shape index (κ2) is 5.26.